The van der Waals surface area contributed by atoms with Gasteiger partial charge in [0.1, 0.15) is 5.58 Å². The van der Waals surface area contributed by atoms with E-state index in [2.05, 4.69) is 215 Å². The Hall–Kier alpha value is -5.48. The SMILES string of the molecule is CC(C)(C)c1ccc(N2c3cc(C4CCCCC4)cc4c3B(c3cc(C(C)(C)C)ccc3N4c3ccc(C(C)(C)C)cc3-c3ccccc3)c3oc4cc5c(cc4c32)C(C)(C)CCC5(C)C)cc1. The molecule has 4 heteroatoms. The number of hydrogen-bond acceptors (Lipinski definition) is 3. The maximum absolute atomic E-state index is 7.65. The van der Waals surface area contributed by atoms with Gasteiger partial charge in [0.2, 0.25) is 0 Å². The van der Waals surface area contributed by atoms with Crippen molar-refractivity contribution in [2.45, 2.75) is 168 Å². The molecule has 0 radical (unpaired) electrons. The Morgan fingerprint density at radius 2 is 1.10 bits per heavy atom. The van der Waals surface area contributed by atoms with Gasteiger partial charge in [-0.3, -0.25) is 0 Å². The predicted octanol–water partition coefficient (Wildman–Crippen LogP) is 16.5. The summed E-state index contributed by atoms with van der Waals surface area (Å²) in [5.74, 6) is 0.495. The Kier molecular flexibility index (Phi) is 10.3. The maximum Gasteiger partial charge on any atom is 0.297 e. The second kappa shape index (κ2) is 15.5. The first kappa shape index (κ1) is 45.0. The molecule has 348 valence electrons. The maximum atomic E-state index is 7.65. The smallest absolute Gasteiger partial charge is 0.297 e. The van der Waals surface area contributed by atoms with Gasteiger partial charge in [0.05, 0.1) is 17.0 Å². The van der Waals surface area contributed by atoms with E-state index >= 15 is 0 Å². The summed E-state index contributed by atoms with van der Waals surface area (Å²) < 4.78 is 7.65. The fourth-order valence-electron chi connectivity index (χ4n) is 12.4. The van der Waals surface area contributed by atoms with Gasteiger partial charge in [0.15, 0.2) is 0 Å². The van der Waals surface area contributed by atoms with Gasteiger partial charge in [-0.1, -0.05) is 170 Å². The molecular weight excluding hydrogens is 824 g/mol. The fourth-order valence-corrected chi connectivity index (χ4v) is 12.4. The van der Waals surface area contributed by atoms with E-state index in [1.165, 1.54) is 127 Å². The van der Waals surface area contributed by atoms with Crippen LogP contribution in [0.4, 0.5) is 34.1 Å². The highest BCUT2D eigenvalue weighted by Crippen LogP contribution is 2.53. The van der Waals surface area contributed by atoms with E-state index in [-0.39, 0.29) is 33.8 Å². The quantitative estimate of drug-likeness (QED) is 0.164. The Bertz CT molecular complexity index is 3100. The Morgan fingerprint density at radius 1 is 0.544 bits per heavy atom. The summed E-state index contributed by atoms with van der Waals surface area (Å²) in [4.78, 5) is 5.30. The molecule has 2 aliphatic carbocycles. The molecule has 7 aromatic rings. The van der Waals surface area contributed by atoms with E-state index in [4.69, 9.17) is 4.42 Å². The number of furan rings is 1. The molecular formula is C64H73BN2O. The van der Waals surface area contributed by atoms with Crippen LogP contribution in [0.25, 0.3) is 22.1 Å². The summed E-state index contributed by atoms with van der Waals surface area (Å²) in [5.41, 5.74) is 23.0. The van der Waals surface area contributed by atoms with Crippen LogP contribution in [-0.4, -0.2) is 6.71 Å². The summed E-state index contributed by atoms with van der Waals surface area (Å²) in [7, 11) is 0. The van der Waals surface area contributed by atoms with Crippen LogP contribution in [0.3, 0.4) is 0 Å². The molecule has 0 saturated heterocycles. The van der Waals surface area contributed by atoms with Crippen LogP contribution in [0.15, 0.2) is 120 Å². The first-order chi connectivity index (χ1) is 32.1. The van der Waals surface area contributed by atoms with Gasteiger partial charge in [0, 0.05) is 33.7 Å². The van der Waals surface area contributed by atoms with Gasteiger partial charge in [0.25, 0.3) is 6.71 Å². The lowest BCUT2D eigenvalue weighted by Crippen LogP contribution is -2.61. The monoisotopic (exact) mass is 897 g/mol. The van der Waals surface area contributed by atoms with Crippen LogP contribution >= 0.6 is 0 Å². The lowest BCUT2D eigenvalue weighted by molar-refractivity contribution is 0.332. The fraction of sp³-hybridized carbons (Fsp3) is 0.406. The van der Waals surface area contributed by atoms with Crippen LogP contribution in [0.2, 0.25) is 0 Å². The first-order valence-electron chi connectivity index (χ1n) is 25.9. The molecule has 0 spiro atoms. The molecule has 4 aliphatic rings. The molecule has 11 rings (SSSR count). The highest BCUT2D eigenvalue weighted by atomic mass is 16.3. The van der Waals surface area contributed by atoms with Crippen LogP contribution in [0.5, 0.6) is 0 Å². The van der Waals surface area contributed by atoms with Crippen LogP contribution in [-0.2, 0) is 27.1 Å². The highest BCUT2D eigenvalue weighted by molar-refractivity contribution is 7.00. The van der Waals surface area contributed by atoms with Crippen molar-refractivity contribution < 1.29 is 4.42 Å². The van der Waals surface area contributed by atoms with E-state index in [1.54, 1.807) is 0 Å². The Morgan fingerprint density at radius 3 is 1.72 bits per heavy atom. The third-order valence-electron chi connectivity index (χ3n) is 16.8. The summed E-state index contributed by atoms with van der Waals surface area (Å²) in [5, 5.41) is 1.22. The number of anilines is 6. The minimum atomic E-state index is -0.117. The van der Waals surface area contributed by atoms with Crippen molar-refractivity contribution in [2.24, 2.45) is 0 Å². The van der Waals surface area contributed by atoms with E-state index in [9.17, 15) is 0 Å². The predicted molar refractivity (Wildman–Crippen MR) is 293 cm³/mol. The highest BCUT2D eigenvalue weighted by Gasteiger charge is 2.49. The van der Waals surface area contributed by atoms with Gasteiger partial charge in [-0.2, -0.15) is 0 Å². The van der Waals surface area contributed by atoms with E-state index in [1.807, 2.05) is 0 Å². The van der Waals surface area contributed by atoms with Gasteiger partial charge < -0.3 is 14.2 Å². The van der Waals surface area contributed by atoms with Crippen LogP contribution in [0.1, 0.15) is 174 Å². The topological polar surface area (TPSA) is 19.6 Å². The molecule has 6 aromatic carbocycles. The van der Waals surface area contributed by atoms with E-state index in [0.29, 0.717) is 5.92 Å². The molecule has 2 aliphatic heterocycles. The lowest BCUT2D eigenvalue weighted by atomic mass is 9.35. The summed E-state index contributed by atoms with van der Waals surface area (Å²) in [6, 6.07) is 45.6. The summed E-state index contributed by atoms with van der Waals surface area (Å²) in [6.45, 7) is 30.7. The van der Waals surface area contributed by atoms with E-state index < -0.39 is 0 Å². The molecule has 3 nitrogen and oxygen atoms in total. The van der Waals surface area contributed by atoms with Crippen molar-refractivity contribution in [1.29, 1.82) is 0 Å². The normalized spacial score (nSPS) is 17.8. The Labute approximate surface area is 408 Å². The van der Waals surface area contributed by atoms with Gasteiger partial charge in [-0.15, -0.1) is 0 Å². The molecule has 0 atom stereocenters. The van der Waals surface area contributed by atoms with Gasteiger partial charge in [-0.05, 0) is 163 Å². The van der Waals surface area contributed by atoms with Crippen LogP contribution < -0.4 is 26.4 Å². The molecule has 0 amide bonds. The molecule has 1 aromatic heterocycles. The minimum absolute atomic E-state index is 0.0149. The number of benzene rings is 6. The zero-order valence-electron chi connectivity index (χ0n) is 43.4. The van der Waals surface area contributed by atoms with Crippen molar-refractivity contribution in [1.82, 2.24) is 0 Å². The second-order valence-electron chi connectivity index (χ2n) is 25.6. The summed E-state index contributed by atoms with van der Waals surface area (Å²) in [6.07, 6.45) is 8.64. The molecule has 3 heterocycles. The number of rotatable bonds is 4. The molecule has 1 fully saturated rings. The summed E-state index contributed by atoms with van der Waals surface area (Å²) >= 11 is 0. The minimum Gasteiger partial charge on any atom is -0.468 e. The standard InChI is InChI=1S/C64H73BN2O/c1-60(2,3)43-24-28-46(29-25-43)66-54-34-42(40-20-16-14-17-21-40)35-55-57(54)65(59-58(66)48-38-49-50(39-56(48)68-59)64(12,13)33-32-63(49,10)11)51-37-45(62(7,8)9)27-31-53(51)67(55)52-30-26-44(61(4,5)6)36-47(52)41-22-18-15-19-23-41/h15,18-19,22-31,34-40H,14,16-17,20-21,32-33H2,1-13H3. The molecule has 68 heavy (non-hydrogen) atoms. The molecule has 1 saturated carbocycles. The van der Waals surface area contributed by atoms with Crippen LogP contribution in [0, 0.1) is 0 Å². The largest absolute Gasteiger partial charge is 0.468 e. The number of fused-ring (bicyclic) bond motifs is 7. The lowest BCUT2D eigenvalue weighted by Gasteiger charge is -2.44. The van der Waals surface area contributed by atoms with Crippen molar-refractivity contribution in [3.63, 3.8) is 0 Å². The molecule has 0 bridgehead atoms. The second-order valence-corrected chi connectivity index (χ2v) is 25.6. The van der Waals surface area contributed by atoms with Gasteiger partial charge >= 0.3 is 0 Å². The third-order valence-corrected chi connectivity index (χ3v) is 16.8. The first-order valence-corrected chi connectivity index (χ1v) is 25.9. The van der Waals surface area contributed by atoms with Crippen molar-refractivity contribution in [3.05, 3.63) is 149 Å². The Balaban J connectivity index is 1.29. The zero-order chi connectivity index (χ0) is 47.9. The number of nitrogens with zero attached hydrogens (tertiary/aromatic N) is 2. The van der Waals surface area contributed by atoms with Gasteiger partial charge in [-0.25, -0.2) is 0 Å². The average molecular weight is 897 g/mol. The van der Waals surface area contributed by atoms with Crippen molar-refractivity contribution >= 4 is 68.4 Å². The molecule has 0 unspecified atom stereocenters. The number of hydrogen-bond donors (Lipinski definition) is 0. The van der Waals surface area contributed by atoms with E-state index in [0.717, 1.165) is 24.1 Å². The zero-order valence-corrected chi connectivity index (χ0v) is 43.4. The average Bonchev–Trinajstić information content (AvgIpc) is 3.67. The van der Waals surface area contributed by atoms with Crippen molar-refractivity contribution in [3.8, 4) is 11.1 Å². The van der Waals surface area contributed by atoms with Crippen molar-refractivity contribution in [2.75, 3.05) is 9.80 Å². The molecule has 0 N–H and O–H groups in total. The third kappa shape index (κ3) is 7.29.